The molecular weight excluding hydrogens is 509 g/mol. The first-order chi connectivity index (χ1) is 17.1. The predicted molar refractivity (Wildman–Crippen MR) is 156 cm³/mol. The molecular formula is C29H41Cl2N3O3. The van der Waals surface area contributed by atoms with Crippen LogP contribution in [0.15, 0.2) is 24.3 Å². The van der Waals surface area contributed by atoms with Gasteiger partial charge in [0.05, 0.1) is 21.4 Å². The van der Waals surface area contributed by atoms with Crippen molar-refractivity contribution in [1.82, 2.24) is 5.32 Å². The molecule has 4 N–H and O–H groups in total. The topological polar surface area (TPSA) is 90.5 Å². The summed E-state index contributed by atoms with van der Waals surface area (Å²) < 4.78 is 0. The van der Waals surface area contributed by atoms with Crippen molar-refractivity contribution in [2.45, 2.75) is 91.4 Å². The number of unbranched alkanes of at least 4 members (excludes halogenated alkanes) is 4. The third-order valence-corrected chi connectivity index (χ3v) is 6.83. The monoisotopic (exact) mass is 549 g/mol. The zero-order chi connectivity index (χ0) is 28.0. The van der Waals surface area contributed by atoms with Crippen molar-refractivity contribution in [2.24, 2.45) is 0 Å². The van der Waals surface area contributed by atoms with Crippen molar-refractivity contribution < 1.29 is 14.7 Å². The summed E-state index contributed by atoms with van der Waals surface area (Å²) in [6.07, 6.45) is 5.45. The number of urea groups is 1. The van der Waals surface area contributed by atoms with Gasteiger partial charge < -0.3 is 21.1 Å². The summed E-state index contributed by atoms with van der Waals surface area (Å²) in [6, 6.07) is 6.04. The van der Waals surface area contributed by atoms with Crippen molar-refractivity contribution >= 4 is 46.5 Å². The van der Waals surface area contributed by atoms with E-state index in [4.69, 9.17) is 23.2 Å². The highest BCUT2D eigenvalue weighted by Crippen LogP contribution is 2.40. The van der Waals surface area contributed by atoms with Gasteiger partial charge in [-0.05, 0) is 41.5 Å². The van der Waals surface area contributed by atoms with Crippen LogP contribution in [0, 0.1) is 0 Å². The number of rotatable bonds is 9. The Kier molecular flexibility index (Phi) is 10.7. The first-order valence-electron chi connectivity index (χ1n) is 12.9. The van der Waals surface area contributed by atoms with Crippen LogP contribution in [0.25, 0.3) is 0 Å². The Morgan fingerprint density at radius 3 is 1.76 bits per heavy atom. The molecule has 37 heavy (non-hydrogen) atoms. The van der Waals surface area contributed by atoms with Crippen molar-refractivity contribution in [2.75, 3.05) is 17.2 Å². The van der Waals surface area contributed by atoms with Gasteiger partial charge in [0.1, 0.15) is 5.75 Å². The van der Waals surface area contributed by atoms with E-state index in [-0.39, 0.29) is 32.7 Å². The minimum absolute atomic E-state index is 0.194. The van der Waals surface area contributed by atoms with Gasteiger partial charge in [-0.25, -0.2) is 4.79 Å². The fourth-order valence-electron chi connectivity index (χ4n) is 3.95. The Balaban J connectivity index is 2.30. The van der Waals surface area contributed by atoms with Gasteiger partial charge in [0.15, 0.2) is 0 Å². The van der Waals surface area contributed by atoms with E-state index in [0.717, 1.165) is 19.3 Å². The Labute approximate surface area is 231 Å². The van der Waals surface area contributed by atoms with Gasteiger partial charge in [-0.1, -0.05) is 97.4 Å². The minimum Gasteiger partial charge on any atom is -0.507 e. The summed E-state index contributed by atoms with van der Waals surface area (Å²) in [7, 11) is 0. The van der Waals surface area contributed by atoms with E-state index in [1.54, 1.807) is 12.1 Å². The maximum atomic E-state index is 13.4. The van der Waals surface area contributed by atoms with Gasteiger partial charge in [0.2, 0.25) is 0 Å². The fraction of sp³-hybridized carbons (Fsp3) is 0.517. The summed E-state index contributed by atoms with van der Waals surface area (Å²) in [5.41, 5.74) is 1.63. The second kappa shape index (κ2) is 12.9. The molecule has 2 aromatic rings. The molecule has 0 heterocycles. The molecule has 0 aliphatic carbocycles. The first kappa shape index (κ1) is 30.8. The number of aromatic hydroxyl groups is 1. The molecule has 0 aliphatic rings. The number of anilines is 2. The third kappa shape index (κ3) is 8.82. The lowest BCUT2D eigenvalue weighted by Crippen LogP contribution is -2.30. The molecule has 3 amide bonds. The van der Waals surface area contributed by atoms with Crippen LogP contribution in [0.4, 0.5) is 16.2 Å². The molecule has 0 fully saturated rings. The van der Waals surface area contributed by atoms with Gasteiger partial charge in [0.25, 0.3) is 5.91 Å². The van der Waals surface area contributed by atoms with Crippen molar-refractivity contribution in [3.63, 3.8) is 0 Å². The van der Waals surface area contributed by atoms with Crippen LogP contribution < -0.4 is 16.0 Å². The molecule has 0 aliphatic heterocycles. The molecule has 0 unspecified atom stereocenters. The molecule has 0 saturated carbocycles. The van der Waals surface area contributed by atoms with E-state index in [1.165, 1.54) is 25.0 Å². The van der Waals surface area contributed by atoms with E-state index in [9.17, 15) is 14.7 Å². The average molecular weight is 551 g/mol. The standard InChI is InChI=1S/C29H41Cl2N3O3/c1-8-9-10-11-12-13-32-27(37)34-24-17-22(31)21(30)16-23(24)33-26(36)18-14-19(28(2,3)4)25(35)20(15-18)29(5,6)7/h14-17,35H,8-13H2,1-7H3,(H,33,36)(H2,32,34,37). The number of halogens is 2. The zero-order valence-electron chi connectivity index (χ0n) is 23.1. The second-order valence-electron chi connectivity index (χ2n) is 11.5. The lowest BCUT2D eigenvalue weighted by Gasteiger charge is -2.28. The van der Waals surface area contributed by atoms with Gasteiger partial charge >= 0.3 is 6.03 Å². The SMILES string of the molecule is CCCCCCCNC(=O)Nc1cc(Cl)c(Cl)cc1NC(=O)c1cc(C(C)(C)C)c(O)c(C(C)(C)C)c1. The predicted octanol–water partition coefficient (Wildman–Crippen LogP) is 8.64. The number of benzene rings is 2. The molecule has 6 nitrogen and oxygen atoms in total. The molecule has 2 rings (SSSR count). The van der Waals surface area contributed by atoms with Gasteiger partial charge in [-0.15, -0.1) is 0 Å². The number of carbonyl (C=O) groups excluding carboxylic acids is 2. The van der Waals surface area contributed by atoms with E-state index in [1.807, 2.05) is 41.5 Å². The number of phenolic OH excluding ortho intramolecular Hbond substituents is 1. The Morgan fingerprint density at radius 2 is 1.27 bits per heavy atom. The molecule has 0 saturated heterocycles. The minimum atomic E-state index is -0.395. The molecule has 8 heteroatoms. The van der Waals surface area contributed by atoms with Gasteiger partial charge in [0, 0.05) is 23.2 Å². The number of nitrogens with one attached hydrogen (secondary N) is 3. The smallest absolute Gasteiger partial charge is 0.319 e. The molecule has 0 atom stereocenters. The van der Waals surface area contributed by atoms with Crippen LogP contribution in [0.1, 0.15) is 102 Å². The quantitative estimate of drug-likeness (QED) is 0.236. The maximum Gasteiger partial charge on any atom is 0.319 e. The number of hydrogen-bond donors (Lipinski definition) is 4. The van der Waals surface area contributed by atoms with Crippen LogP contribution in [-0.2, 0) is 10.8 Å². The van der Waals surface area contributed by atoms with Crippen molar-refractivity contribution in [3.8, 4) is 5.75 Å². The van der Waals surface area contributed by atoms with Crippen molar-refractivity contribution in [3.05, 3.63) is 51.0 Å². The number of amides is 3. The fourth-order valence-corrected chi connectivity index (χ4v) is 4.28. The summed E-state index contributed by atoms with van der Waals surface area (Å²) in [6.45, 7) is 14.6. The molecule has 204 valence electrons. The highest BCUT2D eigenvalue weighted by Gasteiger charge is 2.28. The Morgan fingerprint density at radius 1 is 0.784 bits per heavy atom. The zero-order valence-corrected chi connectivity index (χ0v) is 24.6. The first-order valence-corrected chi connectivity index (χ1v) is 13.6. The highest BCUT2D eigenvalue weighted by atomic mass is 35.5. The average Bonchev–Trinajstić information content (AvgIpc) is 2.78. The van der Waals surface area contributed by atoms with Crippen LogP contribution >= 0.6 is 23.2 Å². The summed E-state index contributed by atoms with van der Waals surface area (Å²) in [4.78, 5) is 25.9. The molecule has 0 bridgehead atoms. The van der Waals surface area contributed by atoms with Crippen LogP contribution in [-0.4, -0.2) is 23.6 Å². The van der Waals surface area contributed by atoms with Crippen molar-refractivity contribution in [1.29, 1.82) is 0 Å². The maximum absolute atomic E-state index is 13.4. The second-order valence-corrected chi connectivity index (χ2v) is 12.3. The molecule has 2 aromatic carbocycles. The lowest BCUT2D eigenvalue weighted by atomic mass is 9.78. The van der Waals surface area contributed by atoms with Crippen LogP contribution in [0.5, 0.6) is 5.75 Å². The Bertz CT molecular complexity index is 1080. The number of carbonyl (C=O) groups is 2. The Hall–Kier alpha value is -2.44. The highest BCUT2D eigenvalue weighted by molar-refractivity contribution is 6.42. The normalized spacial score (nSPS) is 11.8. The van der Waals surface area contributed by atoms with Gasteiger partial charge in [-0.2, -0.15) is 0 Å². The molecule has 0 spiro atoms. The lowest BCUT2D eigenvalue weighted by molar-refractivity contribution is 0.102. The van der Waals surface area contributed by atoms with Crippen LogP contribution in [0.2, 0.25) is 10.0 Å². The summed E-state index contributed by atoms with van der Waals surface area (Å²) in [5, 5.41) is 20.0. The third-order valence-electron chi connectivity index (χ3n) is 6.11. The van der Waals surface area contributed by atoms with E-state index < -0.39 is 5.91 Å². The largest absolute Gasteiger partial charge is 0.507 e. The molecule has 0 aromatic heterocycles. The summed E-state index contributed by atoms with van der Waals surface area (Å²) >= 11 is 12.5. The summed E-state index contributed by atoms with van der Waals surface area (Å²) in [5.74, 6) is -0.200. The van der Waals surface area contributed by atoms with E-state index >= 15 is 0 Å². The number of hydrogen-bond acceptors (Lipinski definition) is 3. The van der Waals surface area contributed by atoms with Crippen LogP contribution in [0.3, 0.4) is 0 Å². The van der Waals surface area contributed by atoms with E-state index in [2.05, 4.69) is 22.9 Å². The molecule has 0 radical (unpaired) electrons. The van der Waals surface area contributed by atoms with E-state index in [0.29, 0.717) is 34.6 Å². The van der Waals surface area contributed by atoms with Gasteiger partial charge in [-0.3, -0.25) is 4.79 Å². The number of phenols is 1.